The van der Waals surface area contributed by atoms with Gasteiger partial charge in [-0.3, -0.25) is 19.0 Å². The lowest BCUT2D eigenvalue weighted by atomic mass is 9.82. The maximum absolute atomic E-state index is 13.4. The predicted molar refractivity (Wildman–Crippen MR) is 140 cm³/mol. The summed E-state index contributed by atoms with van der Waals surface area (Å²) < 4.78 is 95.0. The highest BCUT2D eigenvalue weighted by atomic mass is 35.5. The normalized spacial score (nSPS) is 20.7. The Kier molecular flexibility index (Phi) is 10.4. The van der Waals surface area contributed by atoms with Gasteiger partial charge in [-0.2, -0.15) is 27.1 Å². The summed E-state index contributed by atoms with van der Waals surface area (Å²) in [6.45, 7) is 0.202. The van der Waals surface area contributed by atoms with Crippen molar-refractivity contribution in [1.82, 2.24) is 24.8 Å². The van der Waals surface area contributed by atoms with E-state index in [4.69, 9.17) is 16.2 Å². The van der Waals surface area contributed by atoms with E-state index >= 15 is 0 Å². The Bertz CT molecular complexity index is 1270. The largest absolute Gasteiger partial charge is 0.434 e. The summed E-state index contributed by atoms with van der Waals surface area (Å²) in [5.74, 6) is -1.25. The minimum absolute atomic E-state index is 0.00797. The molecule has 0 aromatic carbocycles. The van der Waals surface area contributed by atoms with Crippen molar-refractivity contribution in [2.75, 3.05) is 6.54 Å². The second kappa shape index (κ2) is 12.9. The fourth-order valence-electron chi connectivity index (χ4n) is 4.49. The third-order valence-corrected chi connectivity index (χ3v) is 7.85. The molecule has 0 saturated heterocycles. The lowest BCUT2D eigenvalue weighted by molar-refractivity contribution is -0.211. The molecule has 2 aromatic rings. The van der Waals surface area contributed by atoms with Crippen LogP contribution in [0.3, 0.4) is 0 Å². The molecule has 4 N–H and O–H groups in total. The van der Waals surface area contributed by atoms with Gasteiger partial charge in [-0.05, 0) is 32.6 Å². The molecule has 0 radical (unpaired) electrons. The zero-order valence-electron chi connectivity index (χ0n) is 22.4. The second-order valence-corrected chi connectivity index (χ2v) is 11.6. The smallest absolute Gasteiger partial charge is 0.394 e. The predicted octanol–water partition coefficient (Wildman–Crippen LogP) is 4.48. The Balaban J connectivity index is 1.86. The number of hydrogen-bond donors (Lipinski definition) is 4. The Morgan fingerprint density at radius 1 is 1.32 bits per heavy atom. The van der Waals surface area contributed by atoms with Crippen molar-refractivity contribution in [3.05, 3.63) is 28.7 Å². The molecule has 1 fully saturated rings. The van der Waals surface area contributed by atoms with Crippen LogP contribution in [0.1, 0.15) is 62.6 Å². The molecule has 230 valence electrons. The molecule has 1 saturated carbocycles. The highest BCUT2D eigenvalue weighted by molar-refractivity contribution is 7.77. The quantitative estimate of drug-likeness (QED) is 0.212. The van der Waals surface area contributed by atoms with Gasteiger partial charge in [0.1, 0.15) is 5.75 Å². The summed E-state index contributed by atoms with van der Waals surface area (Å²) in [6.07, 6.45) is -2.88. The number of ether oxygens (including phenoxy) is 1. The van der Waals surface area contributed by atoms with E-state index in [-0.39, 0.29) is 59.6 Å². The lowest BCUT2D eigenvalue weighted by Crippen LogP contribution is -2.48. The Labute approximate surface area is 240 Å². The number of halogens is 6. The first-order valence-electron chi connectivity index (χ1n) is 12.6. The van der Waals surface area contributed by atoms with Gasteiger partial charge < -0.3 is 15.2 Å². The highest BCUT2D eigenvalue weighted by Crippen LogP contribution is 2.42. The Morgan fingerprint density at radius 2 is 1.95 bits per heavy atom. The molecule has 0 aliphatic heterocycles. The monoisotopic (exact) mass is 631 g/mol. The van der Waals surface area contributed by atoms with Crippen LogP contribution >= 0.6 is 11.6 Å². The van der Waals surface area contributed by atoms with Gasteiger partial charge in [-0.25, -0.2) is 8.93 Å². The molecule has 0 spiro atoms. The van der Waals surface area contributed by atoms with Crippen molar-refractivity contribution in [1.29, 1.82) is 0 Å². The van der Waals surface area contributed by atoms with Crippen LogP contribution in [-0.4, -0.2) is 65.5 Å². The topological polar surface area (TPSA) is 139 Å². The number of carbonyl (C=O) groups is 1. The Hall–Kier alpha value is -2.40. The van der Waals surface area contributed by atoms with Gasteiger partial charge in [0.05, 0.1) is 27.3 Å². The van der Waals surface area contributed by atoms with Crippen LogP contribution in [0.2, 0.25) is 5.02 Å². The van der Waals surface area contributed by atoms with Gasteiger partial charge in [0.15, 0.2) is 5.69 Å². The van der Waals surface area contributed by atoms with Crippen molar-refractivity contribution in [3.8, 4) is 17.0 Å². The molecule has 1 amide bonds. The molecular formula is C24H31ClF5N5O5S. The van der Waals surface area contributed by atoms with Crippen LogP contribution in [0.4, 0.5) is 22.0 Å². The van der Waals surface area contributed by atoms with E-state index in [0.717, 1.165) is 26.1 Å². The number of aromatic nitrogens is 3. The Morgan fingerprint density at radius 3 is 2.49 bits per heavy atom. The zero-order valence-corrected chi connectivity index (χ0v) is 24.0. The molecule has 1 aliphatic rings. The van der Waals surface area contributed by atoms with E-state index in [2.05, 4.69) is 24.9 Å². The lowest BCUT2D eigenvalue weighted by Gasteiger charge is -2.35. The van der Waals surface area contributed by atoms with Crippen molar-refractivity contribution < 1.29 is 45.4 Å². The van der Waals surface area contributed by atoms with E-state index in [1.807, 2.05) is 0 Å². The maximum Gasteiger partial charge on any atom is 0.394 e. The molecular weight excluding hydrogens is 601 g/mol. The van der Waals surface area contributed by atoms with Gasteiger partial charge in [-0.1, -0.05) is 25.4 Å². The molecule has 1 aliphatic carbocycles. The summed E-state index contributed by atoms with van der Waals surface area (Å²) in [5, 5.41) is 17.3. The first-order chi connectivity index (χ1) is 19.0. The average Bonchev–Trinajstić information content (AvgIpc) is 3.19. The molecule has 0 bridgehead atoms. The van der Waals surface area contributed by atoms with Gasteiger partial charge in [-0.15, -0.1) is 0 Å². The van der Waals surface area contributed by atoms with Crippen LogP contribution in [0.5, 0.6) is 5.75 Å². The molecule has 2 aromatic heterocycles. The number of aliphatic hydroxyl groups is 1. The summed E-state index contributed by atoms with van der Waals surface area (Å²) in [7, 11) is 0. The van der Waals surface area contributed by atoms with Crippen LogP contribution in [-0.2, 0) is 24.2 Å². The molecule has 1 unspecified atom stereocenters. The van der Waals surface area contributed by atoms with Gasteiger partial charge in [0.25, 0.3) is 5.91 Å². The van der Waals surface area contributed by atoms with Crippen molar-refractivity contribution in [3.63, 3.8) is 0 Å². The molecule has 41 heavy (non-hydrogen) atoms. The third-order valence-electron chi connectivity index (χ3n) is 6.96. The number of nitrogens with one attached hydrogen (secondary N) is 2. The maximum atomic E-state index is 13.4. The van der Waals surface area contributed by atoms with E-state index < -0.39 is 53.1 Å². The number of hydrogen-bond acceptors (Lipinski definition) is 6. The number of nitrogens with zero attached hydrogens (tertiary/aromatic N) is 3. The summed E-state index contributed by atoms with van der Waals surface area (Å²) >= 11 is 4.30. The zero-order chi connectivity index (χ0) is 30.8. The fraction of sp³-hybridized carbons (Fsp3) is 0.625. The van der Waals surface area contributed by atoms with Crippen LogP contribution in [0, 0.1) is 5.41 Å². The minimum Gasteiger partial charge on any atom is -0.434 e. The van der Waals surface area contributed by atoms with E-state index in [9.17, 15) is 36.1 Å². The molecule has 2 heterocycles. The highest BCUT2D eigenvalue weighted by Gasteiger charge is 2.47. The molecule has 17 heteroatoms. The van der Waals surface area contributed by atoms with Gasteiger partial charge in [0.2, 0.25) is 11.3 Å². The summed E-state index contributed by atoms with van der Waals surface area (Å²) in [5.41, 5.74) is -4.02. The van der Waals surface area contributed by atoms with Crippen LogP contribution in [0.15, 0.2) is 12.3 Å². The SMILES string of the molecule is CCn1nc(C(=O)NCC2(O)CCC(NS(=O)O)CC2)c(Cl)c1-c1cnc(CC(C)(C)C(F)(F)F)cc1OC(F)F. The first kappa shape index (κ1) is 33.1. The molecule has 3 rings (SSSR count). The number of alkyl halides is 5. The second-order valence-electron chi connectivity index (χ2n) is 10.5. The van der Waals surface area contributed by atoms with Gasteiger partial charge >= 0.3 is 12.8 Å². The number of rotatable bonds is 11. The first-order valence-corrected chi connectivity index (χ1v) is 14.1. The minimum atomic E-state index is -4.58. The number of carbonyl (C=O) groups excluding carboxylic acids is 1. The van der Waals surface area contributed by atoms with Crippen molar-refractivity contribution >= 4 is 28.8 Å². The number of aryl methyl sites for hydroxylation is 1. The van der Waals surface area contributed by atoms with Crippen molar-refractivity contribution in [2.45, 2.75) is 83.9 Å². The average molecular weight is 632 g/mol. The van der Waals surface area contributed by atoms with Gasteiger partial charge in [0, 0.05) is 43.5 Å². The molecule has 1 atom stereocenters. The number of pyridine rings is 1. The summed E-state index contributed by atoms with van der Waals surface area (Å²) in [6, 6.07) is 0.712. The summed E-state index contributed by atoms with van der Waals surface area (Å²) in [4.78, 5) is 17.0. The fourth-order valence-corrected chi connectivity index (χ4v) is 5.33. The standard InChI is InChI=1S/C24H31ClF5N5O5S/c1-4-35-19(15-11-31-14(9-16(15)40-21(26)27)10-22(2,3)24(28,29)30)17(25)18(33-35)20(36)32-12-23(37)7-5-13(6-8-23)34-41(38)39/h9,11,13,21,34,37H,4-8,10,12H2,1-3H3,(H,32,36)(H,38,39). The van der Waals surface area contributed by atoms with E-state index in [1.54, 1.807) is 6.92 Å². The molecule has 10 nitrogen and oxygen atoms in total. The van der Waals surface area contributed by atoms with Crippen LogP contribution in [0.25, 0.3) is 11.3 Å². The van der Waals surface area contributed by atoms with Crippen molar-refractivity contribution in [2.24, 2.45) is 5.41 Å². The third kappa shape index (κ3) is 8.12. The van der Waals surface area contributed by atoms with E-state index in [1.165, 1.54) is 4.68 Å². The van der Waals surface area contributed by atoms with Crippen LogP contribution < -0.4 is 14.8 Å². The number of amides is 1. The van der Waals surface area contributed by atoms with E-state index in [0.29, 0.717) is 12.8 Å².